The molecule has 0 aliphatic carbocycles. The fourth-order valence-corrected chi connectivity index (χ4v) is 4.70. The second-order valence-corrected chi connectivity index (χ2v) is 10.1. The molecule has 0 unspecified atom stereocenters. The van der Waals surface area contributed by atoms with Crippen molar-refractivity contribution >= 4 is 61.3 Å². The number of hydrogen-bond acceptors (Lipinski definition) is 6. The molecule has 1 N–H and O–H groups in total. The molecule has 1 amide bonds. The van der Waals surface area contributed by atoms with Crippen molar-refractivity contribution in [3.05, 3.63) is 58.6 Å². The average Bonchev–Trinajstić information content (AvgIpc) is 3.13. The number of aromatic nitrogens is 2. The van der Waals surface area contributed by atoms with Crippen LogP contribution in [-0.4, -0.2) is 37.3 Å². The van der Waals surface area contributed by atoms with E-state index in [1.807, 2.05) is 12.1 Å². The number of halogens is 2. The third kappa shape index (κ3) is 6.15. The van der Waals surface area contributed by atoms with Gasteiger partial charge in [0.2, 0.25) is 21.1 Å². The summed E-state index contributed by atoms with van der Waals surface area (Å²) in [6.45, 7) is 0.152. The van der Waals surface area contributed by atoms with E-state index in [9.17, 15) is 13.2 Å². The van der Waals surface area contributed by atoms with Crippen molar-refractivity contribution in [1.29, 1.82) is 0 Å². The van der Waals surface area contributed by atoms with Gasteiger partial charge in [-0.3, -0.25) is 9.10 Å². The summed E-state index contributed by atoms with van der Waals surface area (Å²) in [5.41, 5.74) is 1.31. The van der Waals surface area contributed by atoms with Crippen molar-refractivity contribution in [1.82, 2.24) is 10.2 Å². The molecule has 3 aromatic rings. The third-order valence-corrected chi connectivity index (χ3v) is 6.59. The van der Waals surface area contributed by atoms with Crippen LogP contribution in [0.4, 0.5) is 10.8 Å². The van der Waals surface area contributed by atoms with Gasteiger partial charge in [0, 0.05) is 28.6 Å². The van der Waals surface area contributed by atoms with Crippen LogP contribution in [0.3, 0.4) is 0 Å². The number of rotatable bonds is 8. The Morgan fingerprint density at radius 1 is 1.10 bits per heavy atom. The molecule has 0 fully saturated rings. The quantitative estimate of drug-likeness (QED) is 0.500. The Bertz CT molecular complexity index is 1130. The van der Waals surface area contributed by atoms with Gasteiger partial charge >= 0.3 is 0 Å². The van der Waals surface area contributed by atoms with Gasteiger partial charge in [-0.2, -0.15) is 0 Å². The number of benzene rings is 2. The second kappa shape index (κ2) is 9.74. The molecule has 0 spiro atoms. The first-order valence-electron chi connectivity index (χ1n) is 8.85. The van der Waals surface area contributed by atoms with Gasteiger partial charge in [-0.05, 0) is 36.8 Å². The highest BCUT2D eigenvalue weighted by atomic mass is 35.5. The zero-order valence-electron chi connectivity index (χ0n) is 15.9. The largest absolute Gasteiger partial charge is 0.301 e. The number of carbonyl (C=O) groups excluding carboxylic acids is 1. The lowest BCUT2D eigenvalue weighted by Crippen LogP contribution is -2.31. The van der Waals surface area contributed by atoms with Crippen LogP contribution in [0.15, 0.2) is 48.5 Å². The lowest BCUT2D eigenvalue weighted by molar-refractivity contribution is -0.116. The van der Waals surface area contributed by atoms with Gasteiger partial charge in [-0.25, -0.2) is 8.42 Å². The first kappa shape index (κ1) is 22.5. The van der Waals surface area contributed by atoms with E-state index in [-0.39, 0.29) is 18.9 Å². The summed E-state index contributed by atoms with van der Waals surface area (Å²) in [5.74, 6) is -0.270. The minimum Gasteiger partial charge on any atom is -0.301 e. The van der Waals surface area contributed by atoms with Crippen molar-refractivity contribution in [2.45, 2.75) is 12.8 Å². The van der Waals surface area contributed by atoms with Crippen molar-refractivity contribution < 1.29 is 13.2 Å². The van der Waals surface area contributed by atoms with Crippen LogP contribution in [0.1, 0.15) is 12.8 Å². The van der Waals surface area contributed by atoms with Crippen LogP contribution in [0.2, 0.25) is 10.0 Å². The molecule has 0 saturated carbocycles. The molecule has 158 valence electrons. The number of nitrogens with one attached hydrogen (secondary N) is 1. The second-order valence-electron chi connectivity index (χ2n) is 6.39. The highest BCUT2D eigenvalue weighted by Crippen LogP contribution is 2.27. The minimum atomic E-state index is -3.51. The summed E-state index contributed by atoms with van der Waals surface area (Å²) in [6.07, 6.45) is 1.57. The van der Waals surface area contributed by atoms with Gasteiger partial charge in [0.25, 0.3) is 0 Å². The summed E-state index contributed by atoms with van der Waals surface area (Å²) in [6, 6.07) is 13.7. The lowest BCUT2D eigenvalue weighted by atomic mass is 10.2. The predicted molar refractivity (Wildman–Crippen MR) is 122 cm³/mol. The maximum atomic E-state index is 12.2. The maximum Gasteiger partial charge on any atom is 0.232 e. The number of anilines is 2. The van der Waals surface area contributed by atoms with E-state index < -0.39 is 10.0 Å². The maximum absolute atomic E-state index is 12.2. The van der Waals surface area contributed by atoms with Crippen LogP contribution >= 0.6 is 34.5 Å². The summed E-state index contributed by atoms with van der Waals surface area (Å²) in [5, 5.41) is 12.8. The number of carbonyl (C=O) groups is 1. The molecule has 0 aliphatic rings. The predicted octanol–water partition coefficient (Wildman–Crippen LogP) is 4.70. The molecule has 0 saturated heterocycles. The van der Waals surface area contributed by atoms with Gasteiger partial charge in [0.15, 0.2) is 0 Å². The first-order valence-corrected chi connectivity index (χ1v) is 12.3. The number of hydrogen-bond donors (Lipinski definition) is 1. The fraction of sp³-hybridized carbons (Fsp3) is 0.211. The Kier molecular flexibility index (Phi) is 7.30. The zero-order chi connectivity index (χ0) is 21.7. The molecule has 0 atom stereocenters. The monoisotopic (exact) mass is 484 g/mol. The van der Waals surface area contributed by atoms with Gasteiger partial charge in [-0.1, -0.05) is 52.7 Å². The molecule has 1 aromatic heterocycles. The van der Waals surface area contributed by atoms with E-state index in [1.165, 1.54) is 15.6 Å². The van der Waals surface area contributed by atoms with Gasteiger partial charge in [-0.15, -0.1) is 10.2 Å². The average molecular weight is 485 g/mol. The summed E-state index contributed by atoms with van der Waals surface area (Å²) < 4.78 is 25.5. The Labute approximate surface area is 188 Å². The number of nitrogens with zero attached hydrogens (tertiary/aromatic N) is 3. The molecule has 0 aliphatic heterocycles. The first-order chi connectivity index (χ1) is 14.2. The van der Waals surface area contributed by atoms with E-state index in [1.54, 1.807) is 36.4 Å². The van der Waals surface area contributed by atoms with E-state index in [4.69, 9.17) is 23.2 Å². The van der Waals surface area contributed by atoms with Crippen LogP contribution in [0, 0.1) is 0 Å². The molecule has 30 heavy (non-hydrogen) atoms. The topological polar surface area (TPSA) is 92.3 Å². The number of sulfonamides is 1. The van der Waals surface area contributed by atoms with Gasteiger partial charge < -0.3 is 5.32 Å². The molecule has 3 rings (SSSR count). The number of amides is 1. The van der Waals surface area contributed by atoms with E-state index in [0.29, 0.717) is 32.3 Å². The van der Waals surface area contributed by atoms with E-state index in [0.717, 1.165) is 11.8 Å². The molecule has 11 heteroatoms. The van der Waals surface area contributed by atoms with Crippen molar-refractivity contribution in [3.63, 3.8) is 0 Å². The van der Waals surface area contributed by atoms with E-state index >= 15 is 0 Å². The summed E-state index contributed by atoms with van der Waals surface area (Å²) in [4.78, 5) is 12.2. The molecule has 0 bridgehead atoms. The SMILES string of the molecule is CS(=O)(=O)N(CCCC(=O)Nc1nnc(-c2ccc(Cl)cc2)s1)c1cccc(Cl)c1. The van der Waals surface area contributed by atoms with Crippen LogP contribution in [-0.2, 0) is 14.8 Å². The normalized spacial score (nSPS) is 11.3. The Hall–Kier alpha value is -2.20. The Balaban J connectivity index is 1.57. The lowest BCUT2D eigenvalue weighted by Gasteiger charge is -2.22. The van der Waals surface area contributed by atoms with Crippen LogP contribution < -0.4 is 9.62 Å². The summed E-state index contributed by atoms with van der Waals surface area (Å²) >= 11 is 13.1. The minimum absolute atomic E-state index is 0.127. The fourth-order valence-electron chi connectivity index (χ4n) is 2.67. The molecular formula is C19H18Cl2N4O3S2. The molecule has 2 aromatic carbocycles. The van der Waals surface area contributed by atoms with Crippen molar-refractivity contribution in [2.75, 3.05) is 22.4 Å². The van der Waals surface area contributed by atoms with Crippen molar-refractivity contribution in [3.8, 4) is 10.6 Å². The Morgan fingerprint density at radius 2 is 1.83 bits per heavy atom. The van der Waals surface area contributed by atoms with Crippen LogP contribution in [0.5, 0.6) is 0 Å². The standard InChI is InChI=1S/C19H18Cl2N4O3S2/c1-30(27,28)25(16-5-2-4-15(21)12-16)11-3-6-17(26)22-19-24-23-18(29-19)13-7-9-14(20)10-8-13/h2,4-5,7-10,12H,3,6,11H2,1H3,(H,22,24,26). The third-order valence-electron chi connectivity index (χ3n) is 4.02. The zero-order valence-corrected chi connectivity index (χ0v) is 19.0. The van der Waals surface area contributed by atoms with Gasteiger partial charge in [0.05, 0.1) is 11.9 Å². The molecule has 7 nitrogen and oxygen atoms in total. The molecule has 0 radical (unpaired) electrons. The molecular weight excluding hydrogens is 467 g/mol. The summed E-state index contributed by atoms with van der Waals surface area (Å²) in [7, 11) is -3.51. The highest BCUT2D eigenvalue weighted by Gasteiger charge is 2.18. The van der Waals surface area contributed by atoms with Crippen LogP contribution in [0.25, 0.3) is 10.6 Å². The smallest absolute Gasteiger partial charge is 0.232 e. The highest BCUT2D eigenvalue weighted by molar-refractivity contribution is 7.92. The van der Waals surface area contributed by atoms with E-state index in [2.05, 4.69) is 15.5 Å². The van der Waals surface area contributed by atoms with Crippen molar-refractivity contribution in [2.24, 2.45) is 0 Å². The Morgan fingerprint density at radius 3 is 2.50 bits per heavy atom. The molecule has 1 heterocycles. The van der Waals surface area contributed by atoms with Gasteiger partial charge in [0.1, 0.15) is 5.01 Å².